The van der Waals surface area contributed by atoms with Gasteiger partial charge in [-0.15, -0.1) is 24.9 Å². The summed E-state index contributed by atoms with van der Waals surface area (Å²) in [5, 5.41) is 2.65. The number of ether oxygens (including phenoxy) is 2. The number of methoxy groups -OCH3 is 1. The molecule has 0 fully saturated rings. The molecular weight excluding hydrogens is 319 g/mol. The van der Waals surface area contributed by atoms with Crippen LogP contribution in [0, 0.1) is 0 Å². The standard InChI is InChI=1S/C14H16F3NO3S/c1-3-8-22-12(13(19)20-2)9-18-10-6-4-5-7-11(10)21-14(15,16)17/h4-7,9,18H,3,8H2,1-2H3/b12-9+. The number of rotatable bonds is 7. The Kier molecular flexibility index (Phi) is 7.10. The molecule has 122 valence electrons. The van der Waals surface area contributed by atoms with E-state index in [4.69, 9.17) is 0 Å². The highest BCUT2D eigenvalue weighted by atomic mass is 32.2. The second kappa shape index (κ2) is 8.57. The molecule has 0 bridgehead atoms. The Bertz CT molecular complexity index is 532. The number of esters is 1. The highest BCUT2D eigenvalue weighted by Crippen LogP contribution is 2.30. The number of hydrogen-bond acceptors (Lipinski definition) is 5. The van der Waals surface area contributed by atoms with Crippen LogP contribution in [0.15, 0.2) is 35.4 Å². The fourth-order valence-corrected chi connectivity index (χ4v) is 2.18. The Hall–Kier alpha value is -1.83. The van der Waals surface area contributed by atoms with Crippen molar-refractivity contribution in [3.8, 4) is 5.75 Å². The monoisotopic (exact) mass is 335 g/mol. The molecule has 4 nitrogen and oxygen atoms in total. The number of carbonyl (C=O) groups excluding carboxylic acids is 1. The summed E-state index contributed by atoms with van der Waals surface area (Å²) in [6.07, 6.45) is -2.64. The van der Waals surface area contributed by atoms with Crippen molar-refractivity contribution in [3.63, 3.8) is 0 Å². The maximum absolute atomic E-state index is 12.3. The maximum atomic E-state index is 12.3. The minimum atomic E-state index is -4.79. The lowest BCUT2D eigenvalue weighted by Gasteiger charge is -2.13. The van der Waals surface area contributed by atoms with E-state index >= 15 is 0 Å². The van der Waals surface area contributed by atoms with Gasteiger partial charge in [0.1, 0.15) is 4.91 Å². The van der Waals surface area contributed by atoms with Gasteiger partial charge in [-0.3, -0.25) is 0 Å². The van der Waals surface area contributed by atoms with Gasteiger partial charge >= 0.3 is 12.3 Å². The van der Waals surface area contributed by atoms with Gasteiger partial charge in [0.05, 0.1) is 12.8 Å². The molecule has 22 heavy (non-hydrogen) atoms. The van der Waals surface area contributed by atoms with Gasteiger partial charge in [-0.1, -0.05) is 19.1 Å². The average Bonchev–Trinajstić information content (AvgIpc) is 2.46. The van der Waals surface area contributed by atoms with Crippen molar-refractivity contribution in [2.45, 2.75) is 19.7 Å². The van der Waals surface area contributed by atoms with Crippen LogP contribution in [0.2, 0.25) is 0 Å². The van der Waals surface area contributed by atoms with E-state index in [-0.39, 0.29) is 16.3 Å². The Labute approximate surface area is 130 Å². The van der Waals surface area contributed by atoms with Gasteiger partial charge in [0.25, 0.3) is 0 Å². The van der Waals surface area contributed by atoms with Gasteiger partial charge in [0.15, 0.2) is 5.75 Å². The number of alkyl halides is 3. The molecule has 0 aliphatic carbocycles. The molecule has 0 heterocycles. The molecule has 0 amide bonds. The van der Waals surface area contributed by atoms with E-state index in [9.17, 15) is 18.0 Å². The molecule has 1 N–H and O–H groups in total. The predicted octanol–water partition coefficient (Wildman–Crippen LogP) is 4.15. The zero-order chi connectivity index (χ0) is 16.6. The molecular formula is C14H16F3NO3S. The lowest BCUT2D eigenvalue weighted by atomic mass is 10.3. The normalized spacial score (nSPS) is 12.0. The molecule has 0 saturated heterocycles. The SMILES string of the molecule is CCCS/C(=C/Nc1ccccc1OC(F)(F)F)C(=O)OC. The first-order valence-corrected chi connectivity index (χ1v) is 7.38. The van der Waals surface area contributed by atoms with Crippen LogP contribution in [0.25, 0.3) is 0 Å². The Morgan fingerprint density at radius 2 is 2.05 bits per heavy atom. The van der Waals surface area contributed by atoms with Crippen molar-refractivity contribution in [2.75, 3.05) is 18.2 Å². The molecule has 0 aliphatic rings. The van der Waals surface area contributed by atoms with E-state index < -0.39 is 12.3 Å². The van der Waals surface area contributed by atoms with Crippen LogP contribution in [0.5, 0.6) is 5.75 Å². The summed E-state index contributed by atoms with van der Waals surface area (Å²) in [6.45, 7) is 1.95. The third-order valence-electron chi connectivity index (χ3n) is 2.32. The smallest absolute Gasteiger partial charge is 0.465 e. The fraction of sp³-hybridized carbons (Fsp3) is 0.357. The maximum Gasteiger partial charge on any atom is 0.573 e. The number of anilines is 1. The quantitative estimate of drug-likeness (QED) is 0.599. The molecule has 1 rings (SSSR count). The van der Waals surface area contributed by atoms with E-state index in [1.165, 1.54) is 43.3 Å². The van der Waals surface area contributed by atoms with Gasteiger partial charge in [-0.05, 0) is 24.3 Å². The lowest BCUT2D eigenvalue weighted by molar-refractivity contribution is -0.274. The second-order valence-electron chi connectivity index (χ2n) is 4.04. The zero-order valence-corrected chi connectivity index (χ0v) is 12.9. The van der Waals surface area contributed by atoms with Crippen LogP contribution in [0.3, 0.4) is 0 Å². The van der Waals surface area contributed by atoms with Gasteiger partial charge in [0.2, 0.25) is 0 Å². The zero-order valence-electron chi connectivity index (χ0n) is 12.1. The molecule has 1 aromatic rings. The number of thioether (sulfide) groups is 1. The lowest BCUT2D eigenvalue weighted by Crippen LogP contribution is -2.17. The number of nitrogens with one attached hydrogen (secondary N) is 1. The topological polar surface area (TPSA) is 47.6 Å². The largest absolute Gasteiger partial charge is 0.573 e. The Balaban J connectivity index is 2.92. The molecule has 0 spiro atoms. The van der Waals surface area contributed by atoms with E-state index in [1.807, 2.05) is 6.92 Å². The molecule has 0 aliphatic heterocycles. The van der Waals surface area contributed by atoms with Crippen LogP contribution in [-0.4, -0.2) is 25.2 Å². The number of carbonyl (C=O) groups is 1. The summed E-state index contributed by atoms with van der Waals surface area (Å²) >= 11 is 1.25. The van der Waals surface area contributed by atoms with Crippen molar-refractivity contribution in [3.05, 3.63) is 35.4 Å². The van der Waals surface area contributed by atoms with Crippen LogP contribution >= 0.6 is 11.8 Å². The number of benzene rings is 1. The van der Waals surface area contributed by atoms with Crippen molar-refractivity contribution >= 4 is 23.4 Å². The Morgan fingerprint density at radius 3 is 2.64 bits per heavy atom. The average molecular weight is 335 g/mol. The van der Waals surface area contributed by atoms with Crippen LogP contribution in [0.1, 0.15) is 13.3 Å². The van der Waals surface area contributed by atoms with Gasteiger partial charge < -0.3 is 14.8 Å². The van der Waals surface area contributed by atoms with Gasteiger partial charge in [0, 0.05) is 6.20 Å². The van der Waals surface area contributed by atoms with Crippen molar-refractivity contribution < 1.29 is 27.4 Å². The summed E-state index contributed by atoms with van der Waals surface area (Å²) in [4.78, 5) is 11.9. The van der Waals surface area contributed by atoms with E-state index in [2.05, 4.69) is 14.8 Å². The Morgan fingerprint density at radius 1 is 1.36 bits per heavy atom. The molecule has 1 aromatic carbocycles. The van der Waals surface area contributed by atoms with Crippen molar-refractivity contribution in [1.82, 2.24) is 0 Å². The minimum absolute atomic E-state index is 0.0957. The fourth-order valence-electron chi connectivity index (χ4n) is 1.41. The predicted molar refractivity (Wildman–Crippen MR) is 79.6 cm³/mol. The van der Waals surface area contributed by atoms with Crippen LogP contribution in [0.4, 0.5) is 18.9 Å². The summed E-state index contributed by atoms with van der Waals surface area (Å²) in [5.74, 6) is -0.250. The first-order chi connectivity index (χ1) is 10.4. The third-order valence-corrected chi connectivity index (χ3v) is 3.53. The molecule has 0 aromatic heterocycles. The van der Waals surface area contributed by atoms with Crippen LogP contribution < -0.4 is 10.1 Å². The number of hydrogen-bond donors (Lipinski definition) is 1. The molecule has 8 heteroatoms. The summed E-state index contributed by atoms with van der Waals surface area (Å²) in [7, 11) is 1.24. The van der Waals surface area contributed by atoms with Crippen LogP contribution in [-0.2, 0) is 9.53 Å². The first-order valence-electron chi connectivity index (χ1n) is 6.40. The summed E-state index contributed by atoms with van der Waals surface area (Å²) in [6, 6.07) is 5.57. The van der Waals surface area contributed by atoms with E-state index in [1.54, 1.807) is 6.07 Å². The number of para-hydroxylation sites is 2. The molecule has 0 unspecified atom stereocenters. The van der Waals surface area contributed by atoms with Crippen molar-refractivity contribution in [1.29, 1.82) is 0 Å². The highest BCUT2D eigenvalue weighted by Gasteiger charge is 2.32. The van der Waals surface area contributed by atoms with Gasteiger partial charge in [-0.25, -0.2) is 4.79 Å². The van der Waals surface area contributed by atoms with Gasteiger partial charge in [-0.2, -0.15) is 0 Å². The molecule has 0 atom stereocenters. The third kappa shape index (κ3) is 6.30. The minimum Gasteiger partial charge on any atom is -0.465 e. The van der Waals surface area contributed by atoms with E-state index in [0.29, 0.717) is 5.75 Å². The second-order valence-corrected chi connectivity index (χ2v) is 5.17. The summed E-state index contributed by atoms with van der Waals surface area (Å²) in [5.41, 5.74) is 0.0957. The highest BCUT2D eigenvalue weighted by molar-refractivity contribution is 8.03. The molecule has 0 saturated carbocycles. The molecule has 0 radical (unpaired) electrons. The number of halogens is 3. The first kappa shape index (κ1) is 18.2. The van der Waals surface area contributed by atoms with Crippen molar-refractivity contribution in [2.24, 2.45) is 0 Å². The van der Waals surface area contributed by atoms with E-state index in [0.717, 1.165) is 6.42 Å². The summed E-state index contributed by atoms with van der Waals surface area (Å²) < 4.78 is 45.5.